The SMILES string of the molecule is CC(C)COCCCNS(=O)(=O)c1cc(N)ccc1Cl. The van der Waals surface area contributed by atoms with Crippen molar-refractivity contribution < 1.29 is 13.2 Å². The molecular weight excluding hydrogens is 300 g/mol. The van der Waals surface area contributed by atoms with Crippen molar-refractivity contribution in [1.82, 2.24) is 4.72 Å². The molecule has 1 aromatic rings. The Kier molecular flexibility index (Phi) is 6.75. The lowest BCUT2D eigenvalue weighted by Gasteiger charge is -2.10. The summed E-state index contributed by atoms with van der Waals surface area (Å²) >= 11 is 5.88. The molecule has 0 aliphatic rings. The Labute approximate surface area is 125 Å². The number of ether oxygens (including phenoxy) is 1. The van der Waals surface area contributed by atoms with Crippen molar-refractivity contribution in [2.45, 2.75) is 25.2 Å². The average molecular weight is 321 g/mol. The Morgan fingerprint density at radius 1 is 1.40 bits per heavy atom. The van der Waals surface area contributed by atoms with Crippen LogP contribution >= 0.6 is 11.6 Å². The second kappa shape index (κ2) is 7.83. The van der Waals surface area contributed by atoms with Gasteiger partial charge in [0.1, 0.15) is 4.90 Å². The third kappa shape index (κ3) is 5.66. The van der Waals surface area contributed by atoms with Crippen LogP contribution < -0.4 is 10.5 Å². The Morgan fingerprint density at radius 2 is 2.10 bits per heavy atom. The van der Waals surface area contributed by atoms with E-state index in [9.17, 15) is 8.42 Å². The first-order chi connectivity index (χ1) is 9.33. The summed E-state index contributed by atoms with van der Waals surface area (Å²) in [6.45, 7) is 5.61. The molecule has 1 rings (SSSR count). The number of anilines is 1. The van der Waals surface area contributed by atoms with Gasteiger partial charge in [0.2, 0.25) is 10.0 Å². The monoisotopic (exact) mass is 320 g/mol. The Bertz CT molecular complexity index is 532. The zero-order chi connectivity index (χ0) is 15.2. The van der Waals surface area contributed by atoms with E-state index in [1.807, 2.05) is 0 Å². The molecule has 114 valence electrons. The van der Waals surface area contributed by atoms with Crippen LogP contribution in [-0.4, -0.2) is 28.2 Å². The van der Waals surface area contributed by atoms with Gasteiger partial charge < -0.3 is 10.5 Å². The van der Waals surface area contributed by atoms with Gasteiger partial charge >= 0.3 is 0 Å². The minimum atomic E-state index is -3.63. The number of hydrogen-bond donors (Lipinski definition) is 2. The third-order valence-electron chi connectivity index (χ3n) is 2.45. The highest BCUT2D eigenvalue weighted by Gasteiger charge is 2.17. The van der Waals surface area contributed by atoms with Crippen LogP contribution in [0.25, 0.3) is 0 Å². The molecule has 0 saturated carbocycles. The molecule has 0 aliphatic carbocycles. The number of nitrogens with two attached hydrogens (primary N) is 1. The van der Waals surface area contributed by atoms with Crippen molar-refractivity contribution in [2.75, 3.05) is 25.5 Å². The molecule has 0 aromatic heterocycles. The smallest absolute Gasteiger partial charge is 0.242 e. The van der Waals surface area contributed by atoms with Gasteiger partial charge in [0.15, 0.2) is 0 Å². The van der Waals surface area contributed by atoms with Crippen LogP contribution in [0.3, 0.4) is 0 Å². The fourth-order valence-electron chi connectivity index (χ4n) is 1.50. The largest absolute Gasteiger partial charge is 0.399 e. The Hall–Kier alpha value is -0.820. The highest BCUT2D eigenvalue weighted by Crippen LogP contribution is 2.23. The summed E-state index contributed by atoms with van der Waals surface area (Å²) in [5, 5.41) is 0.155. The van der Waals surface area contributed by atoms with Crippen molar-refractivity contribution in [3.05, 3.63) is 23.2 Å². The summed E-state index contributed by atoms with van der Waals surface area (Å²) < 4.78 is 32.0. The van der Waals surface area contributed by atoms with Crippen molar-refractivity contribution in [3.8, 4) is 0 Å². The molecule has 1 aromatic carbocycles. The molecule has 0 saturated heterocycles. The van der Waals surface area contributed by atoms with E-state index in [4.69, 9.17) is 22.1 Å². The van der Waals surface area contributed by atoms with Crippen LogP contribution in [0.15, 0.2) is 23.1 Å². The minimum absolute atomic E-state index is 0.00210. The number of halogens is 1. The fraction of sp³-hybridized carbons (Fsp3) is 0.538. The van der Waals surface area contributed by atoms with Gasteiger partial charge in [0.05, 0.1) is 5.02 Å². The summed E-state index contributed by atoms with van der Waals surface area (Å²) in [5.41, 5.74) is 5.93. The number of nitrogens with one attached hydrogen (secondary N) is 1. The van der Waals surface area contributed by atoms with Gasteiger partial charge in [-0.15, -0.1) is 0 Å². The first-order valence-corrected chi connectivity index (χ1v) is 8.31. The standard InChI is InChI=1S/C13H21ClN2O3S/c1-10(2)9-19-7-3-6-16-20(17,18)13-8-11(15)4-5-12(13)14/h4-5,8,10,16H,3,6-7,9,15H2,1-2H3. The number of rotatable bonds is 8. The summed E-state index contributed by atoms with van der Waals surface area (Å²) in [7, 11) is -3.63. The maximum atomic E-state index is 12.1. The van der Waals surface area contributed by atoms with Crippen LogP contribution in [0.2, 0.25) is 5.02 Å². The molecule has 0 heterocycles. The Balaban J connectivity index is 2.48. The topological polar surface area (TPSA) is 81.4 Å². The van der Waals surface area contributed by atoms with Crippen LogP contribution in [0.4, 0.5) is 5.69 Å². The molecule has 0 spiro atoms. The van der Waals surface area contributed by atoms with Crippen LogP contribution in [0, 0.1) is 5.92 Å². The van der Waals surface area contributed by atoms with Gasteiger partial charge in [-0.3, -0.25) is 0 Å². The van der Waals surface area contributed by atoms with E-state index in [2.05, 4.69) is 18.6 Å². The molecule has 0 radical (unpaired) electrons. The van der Waals surface area contributed by atoms with Gasteiger partial charge in [-0.05, 0) is 30.5 Å². The molecule has 0 atom stereocenters. The quantitative estimate of drug-likeness (QED) is 0.568. The van der Waals surface area contributed by atoms with E-state index in [1.165, 1.54) is 12.1 Å². The average Bonchev–Trinajstić information content (AvgIpc) is 2.36. The van der Waals surface area contributed by atoms with E-state index in [-0.39, 0.29) is 9.92 Å². The predicted octanol–water partition coefficient (Wildman–Crippen LogP) is 2.26. The van der Waals surface area contributed by atoms with Crippen LogP contribution in [0.5, 0.6) is 0 Å². The first-order valence-electron chi connectivity index (χ1n) is 6.45. The number of hydrogen-bond acceptors (Lipinski definition) is 4. The molecule has 3 N–H and O–H groups in total. The number of nitrogen functional groups attached to an aromatic ring is 1. The van der Waals surface area contributed by atoms with Gasteiger partial charge in [-0.2, -0.15) is 0 Å². The third-order valence-corrected chi connectivity index (χ3v) is 4.40. The molecule has 0 fully saturated rings. The van der Waals surface area contributed by atoms with E-state index < -0.39 is 10.0 Å². The predicted molar refractivity (Wildman–Crippen MR) is 81.3 cm³/mol. The molecule has 0 bridgehead atoms. The van der Waals surface area contributed by atoms with E-state index in [0.29, 0.717) is 37.8 Å². The zero-order valence-corrected chi connectivity index (χ0v) is 13.3. The lowest BCUT2D eigenvalue weighted by molar-refractivity contribution is 0.108. The highest BCUT2D eigenvalue weighted by molar-refractivity contribution is 7.89. The van der Waals surface area contributed by atoms with Gasteiger partial charge in [0.25, 0.3) is 0 Å². The van der Waals surface area contributed by atoms with Crippen LogP contribution in [0.1, 0.15) is 20.3 Å². The van der Waals surface area contributed by atoms with E-state index in [0.717, 1.165) is 0 Å². The summed E-state index contributed by atoms with van der Waals surface area (Å²) in [6.07, 6.45) is 0.603. The second-order valence-corrected chi connectivity index (χ2v) is 7.05. The minimum Gasteiger partial charge on any atom is -0.399 e. The fourth-order valence-corrected chi connectivity index (χ4v) is 3.11. The molecule has 5 nitrogen and oxygen atoms in total. The summed E-state index contributed by atoms with van der Waals surface area (Å²) in [5.74, 6) is 0.470. The van der Waals surface area contributed by atoms with Crippen LogP contribution in [-0.2, 0) is 14.8 Å². The number of benzene rings is 1. The maximum absolute atomic E-state index is 12.1. The van der Waals surface area contributed by atoms with Gasteiger partial charge in [-0.25, -0.2) is 13.1 Å². The second-order valence-electron chi connectivity index (χ2n) is 4.91. The normalized spacial score (nSPS) is 12.0. The first kappa shape index (κ1) is 17.2. The van der Waals surface area contributed by atoms with Crippen molar-refractivity contribution in [2.24, 2.45) is 5.92 Å². The maximum Gasteiger partial charge on any atom is 0.242 e. The lowest BCUT2D eigenvalue weighted by Crippen LogP contribution is -2.26. The van der Waals surface area contributed by atoms with Crippen molar-refractivity contribution >= 4 is 27.3 Å². The number of sulfonamides is 1. The van der Waals surface area contributed by atoms with Gasteiger partial charge in [0, 0.05) is 25.4 Å². The molecular formula is C13H21ClN2O3S. The van der Waals surface area contributed by atoms with Crippen molar-refractivity contribution in [1.29, 1.82) is 0 Å². The molecule has 7 heteroatoms. The van der Waals surface area contributed by atoms with Crippen molar-refractivity contribution in [3.63, 3.8) is 0 Å². The summed E-state index contributed by atoms with van der Waals surface area (Å²) in [6, 6.07) is 4.37. The molecule has 0 unspecified atom stereocenters. The molecule has 0 aliphatic heterocycles. The highest BCUT2D eigenvalue weighted by atomic mass is 35.5. The van der Waals surface area contributed by atoms with Gasteiger partial charge in [-0.1, -0.05) is 25.4 Å². The van der Waals surface area contributed by atoms with E-state index >= 15 is 0 Å². The Morgan fingerprint density at radius 3 is 2.75 bits per heavy atom. The lowest BCUT2D eigenvalue weighted by atomic mass is 10.2. The molecule has 0 amide bonds. The molecule has 20 heavy (non-hydrogen) atoms. The zero-order valence-electron chi connectivity index (χ0n) is 11.7. The van der Waals surface area contributed by atoms with E-state index in [1.54, 1.807) is 6.07 Å². The summed E-state index contributed by atoms with van der Waals surface area (Å²) in [4.78, 5) is 0.00210.